The number of pyridine rings is 1. The monoisotopic (exact) mass is 372 g/mol. The Labute approximate surface area is 154 Å². The molecule has 1 aromatic carbocycles. The van der Waals surface area contributed by atoms with Crippen LogP contribution in [0.25, 0.3) is 16.9 Å². The minimum Gasteiger partial charge on any atom is -0.372 e. The summed E-state index contributed by atoms with van der Waals surface area (Å²) < 4.78 is 28.2. The maximum Gasteiger partial charge on any atom is 0.145 e. The van der Waals surface area contributed by atoms with Crippen LogP contribution in [0.1, 0.15) is 5.56 Å². The lowest BCUT2D eigenvalue weighted by molar-refractivity contribution is 0.291. The molecule has 1 aliphatic rings. The topological polar surface area (TPSA) is 49.6 Å². The number of anilines is 1. The van der Waals surface area contributed by atoms with E-state index >= 15 is 0 Å². The Morgan fingerprint density at radius 3 is 2.77 bits per heavy atom. The smallest absolute Gasteiger partial charge is 0.145 e. The largest absolute Gasteiger partial charge is 0.372 e. The normalized spacial score (nSPS) is 16.2. The summed E-state index contributed by atoms with van der Waals surface area (Å²) in [6.07, 6.45) is 1.87. The molecule has 0 spiro atoms. The molecule has 136 valence electrons. The van der Waals surface area contributed by atoms with E-state index in [9.17, 15) is 8.60 Å². The summed E-state index contributed by atoms with van der Waals surface area (Å²) in [7, 11) is 1.12. The molecule has 4 rings (SSSR count). The number of hydrogen-bond acceptors (Lipinski definition) is 4. The second-order valence-electron chi connectivity index (χ2n) is 6.45. The standard InChI is InChI=1S/C19H21FN4OS/c1-21-18-13-24-17(3-2-4-19(24)22-18)15-6-5-14(11-16(15)20)12-23-7-9-26(25)10-8-23/h2-6,11,13,21H,7-10,12H2,1H3. The molecule has 2 aromatic heterocycles. The molecule has 0 saturated carbocycles. The van der Waals surface area contributed by atoms with Crippen LogP contribution >= 0.6 is 0 Å². The number of imidazole rings is 1. The van der Waals surface area contributed by atoms with Crippen molar-refractivity contribution >= 4 is 22.3 Å². The van der Waals surface area contributed by atoms with Gasteiger partial charge < -0.3 is 5.32 Å². The molecule has 0 amide bonds. The van der Waals surface area contributed by atoms with Crippen molar-refractivity contribution in [3.05, 3.63) is 54.0 Å². The van der Waals surface area contributed by atoms with Crippen molar-refractivity contribution in [2.24, 2.45) is 0 Å². The summed E-state index contributed by atoms with van der Waals surface area (Å²) in [6.45, 7) is 2.29. The molecule has 3 aromatic rings. The zero-order valence-corrected chi connectivity index (χ0v) is 15.4. The first-order valence-electron chi connectivity index (χ1n) is 8.66. The van der Waals surface area contributed by atoms with Crippen molar-refractivity contribution in [1.29, 1.82) is 0 Å². The fourth-order valence-electron chi connectivity index (χ4n) is 3.31. The van der Waals surface area contributed by atoms with E-state index in [0.717, 1.165) is 35.8 Å². The predicted molar refractivity (Wildman–Crippen MR) is 103 cm³/mol. The molecule has 1 aliphatic heterocycles. The predicted octanol–water partition coefficient (Wildman–Crippen LogP) is 2.75. The van der Waals surface area contributed by atoms with Crippen LogP contribution < -0.4 is 5.32 Å². The highest BCUT2D eigenvalue weighted by Crippen LogP contribution is 2.26. The first-order valence-corrected chi connectivity index (χ1v) is 10.1. The van der Waals surface area contributed by atoms with Gasteiger partial charge >= 0.3 is 0 Å². The Bertz CT molecular complexity index is 961. The van der Waals surface area contributed by atoms with E-state index in [0.29, 0.717) is 23.6 Å². The SMILES string of the molecule is CNc1cn2c(-c3ccc(CN4CCS(=O)CC4)cc3F)cccc2n1. The fourth-order valence-corrected chi connectivity index (χ4v) is 4.44. The summed E-state index contributed by atoms with van der Waals surface area (Å²) in [5, 5.41) is 3.01. The number of rotatable bonds is 4. The average Bonchev–Trinajstić information content (AvgIpc) is 3.07. The Kier molecular flexibility index (Phi) is 4.74. The van der Waals surface area contributed by atoms with Crippen LogP contribution in [-0.4, -0.2) is 50.1 Å². The molecule has 0 bridgehead atoms. The van der Waals surface area contributed by atoms with Crippen LogP contribution in [0, 0.1) is 5.82 Å². The van der Waals surface area contributed by atoms with Gasteiger partial charge in [-0.3, -0.25) is 13.5 Å². The third-order valence-electron chi connectivity index (χ3n) is 4.73. The van der Waals surface area contributed by atoms with E-state index in [1.807, 2.05) is 48.0 Å². The molecule has 1 saturated heterocycles. The zero-order chi connectivity index (χ0) is 18.1. The van der Waals surface area contributed by atoms with Gasteiger partial charge in [-0.25, -0.2) is 9.37 Å². The van der Waals surface area contributed by atoms with Gasteiger partial charge in [0, 0.05) is 54.6 Å². The maximum absolute atomic E-state index is 14.9. The molecule has 0 unspecified atom stereocenters. The van der Waals surface area contributed by atoms with Crippen molar-refractivity contribution in [3.8, 4) is 11.3 Å². The lowest BCUT2D eigenvalue weighted by atomic mass is 10.1. The van der Waals surface area contributed by atoms with E-state index in [2.05, 4.69) is 15.2 Å². The molecule has 26 heavy (non-hydrogen) atoms. The third kappa shape index (κ3) is 3.37. The second kappa shape index (κ2) is 7.17. The number of fused-ring (bicyclic) bond motifs is 1. The molecule has 5 nitrogen and oxygen atoms in total. The minimum absolute atomic E-state index is 0.240. The Morgan fingerprint density at radius 1 is 1.23 bits per heavy atom. The molecule has 7 heteroatoms. The number of nitrogens with zero attached hydrogens (tertiary/aromatic N) is 3. The summed E-state index contributed by atoms with van der Waals surface area (Å²) in [5.41, 5.74) is 3.04. The second-order valence-corrected chi connectivity index (χ2v) is 8.15. The molecule has 0 aliphatic carbocycles. The number of benzene rings is 1. The maximum atomic E-state index is 14.9. The van der Waals surface area contributed by atoms with E-state index in [1.54, 1.807) is 6.07 Å². The minimum atomic E-state index is -0.694. The molecule has 1 fully saturated rings. The van der Waals surface area contributed by atoms with Gasteiger partial charge in [-0.15, -0.1) is 0 Å². The van der Waals surface area contributed by atoms with Crippen LogP contribution in [0.4, 0.5) is 10.2 Å². The van der Waals surface area contributed by atoms with Crippen molar-refractivity contribution in [2.45, 2.75) is 6.54 Å². The van der Waals surface area contributed by atoms with Crippen LogP contribution in [0.15, 0.2) is 42.6 Å². The molecule has 1 N–H and O–H groups in total. The summed E-state index contributed by atoms with van der Waals surface area (Å²) in [5.74, 6) is 1.92. The van der Waals surface area contributed by atoms with Gasteiger partial charge in [0.1, 0.15) is 17.3 Å². The quantitative estimate of drug-likeness (QED) is 0.765. The molecule has 0 radical (unpaired) electrons. The van der Waals surface area contributed by atoms with Crippen LogP contribution in [0.2, 0.25) is 0 Å². The van der Waals surface area contributed by atoms with E-state index in [-0.39, 0.29) is 5.82 Å². The van der Waals surface area contributed by atoms with Gasteiger partial charge in [-0.05, 0) is 29.8 Å². The summed E-state index contributed by atoms with van der Waals surface area (Å²) in [4.78, 5) is 6.67. The Hall–Kier alpha value is -2.25. The van der Waals surface area contributed by atoms with Gasteiger partial charge in [-0.2, -0.15) is 0 Å². The Morgan fingerprint density at radius 2 is 2.04 bits per heavy atom. The lowest BCUT2D eigenvalue weighted by Gasteiger charge is -2.26. The third-order valence-corrected chi connectivity index (χ3v) is 6.01. The summed E-state index contributed by atoms with van der Waals surface area (Å²) in [6, 6.07) is 11.1. The van der Waals surface area contributed by atoms with E-state index < -0.39 is 10.8 Å². The van der Waals surface area contributed by atoms with Crippen LogP contribution in [0.5, 0.6) is 0 Å². The van der Waals surface area contributed by atoms with E-state index in [4.69, 9.17) is 0 Å². The fraction of sp³-hybridized carbons (Fsp3) is 0.316. The molecule has 3 heterocycles. The van der Waals surface area contributed by atoms with E-state index in [1.165, 1.54) is 0 Å². The molecular formula is C19H21FN4OS. The molecule has 0 atom stereocenters. The number of halogens is 1. The van der Waals surface area contributed by atoms with Gasteiger partial charge in [0.2, 0.25) is 0 Å². The van der Waals surface area contributed by atoms with Gasteiger partial charge in [0.15, 0.2) is 0 Å². The van der Waals surface area contributed by atoms with Crippen molar-refractivity contribution in [1.82, 2.24) is 14.3 Å². The lowest BCUT2D eigenvalue weighted by Crippen LogP contribution is -2.37. The highest BCUT2D eigenvalue weighted by atomic mass is 32.2. The number of nitrogens with one attached hydrogen (secondary N) is 1. The van der Waals surface area contributed by atoms with Crippen molar-refractivity contribution in [2.75, 3.05) is 37.0 Å². The van der Waals surface area contributed by atoms with Crippen molar-refractivity contribution in [3.63, 3.8) is 0 Å². The van der Waals surface area contributed by atoms with Crippen LogP contribution in [0.3, 0.4) is 0 Å². The Balaban J connectivity index is 1.62. The summed E-state index contributed by atoms with van der Waals surface area (Å²) >= 11 is 0. The number of aromatic nitrogens is 2. The van der Waals surface area contributed by atoms with Gasteiger partial charge in [0.25, 0.3) is 0 Å². The first kappa shape index (κ1) is 17.2. The van der Waals surface area contributed by atoms with Crippen molar-refractivity contribution < 1.29 is 8.60 Å². The molecular weight excluding hydrogens is 351 g/mol. The first-order chi connectivity index (χ1) is 12.6. The zero-order valence-electron chi connectivity index (χ0n) is 14.6. The highest BCUT2D eigenvalue weighted by Gasteiger charge is 2.16. The van der Waals surface area contributed by atoms with Crippen LogP contribution in [-0.2, 0) is 17.3 Å². The van der Waals surface area contributed by atoms with Gasteiger partial charge in [0.05, 0.1) is 11.9 Å². The highest BCUT2D eigenvalue weighted by molar-refractivity contribution is 7.85. The average molecular weight is 372 g/mol. The van der Waals surface area contributed by atoms with Gasteiger partial charge in [-0.1, -0.05) is 12.1 Å². The number of hydrogen-bond donors (Lipinski definition) is 1.